The predicted octanol–water partition coefficient (Wildman–Crippen LogP) is 2.50. The zero-order chi connectivity index (χ0) is 18.6. The van der Waals surface area contributed by atoms with Gasteiger partial charge < -0.3 is 5.32 Å². The van der Waals surface area contributed by atoms with Gasteiger partial charge in [0.1, 0.15) is 0 Å². The first-order valence-corrected chi connectivity index (χ1v) is 9.18. The van der Waals surface area contributed by atoms with E-state index in [0.717, 1.165) is 5.56 Å². The van der Waals surface area contributed by atoms with Crippen LogP contribution in [0.4, 0.5) is 5.69 Å². The van der Waals surface area contributed by atoms with E-state index in [0.29, 0.717) is 11.3 Å². The van der Waals surface area contributed by atoms with Gasteiger partial charge in [-0.2, -0.15) is 4.72 Å². The van der Waals surface area contributed by atoms with Crippen molar-refractivity contribution in [3.05, 3.63) is 59.7 Å². The fraction of sp³-hybridized carbons (Fsp3) is 0.222. The minimum atomic E-state index is -3.87. The van der Waals surface area contributed by atoms with Gasteiger partial charge in [-0.15, -0.1) is 0 Å². The second-order valence-corrected chi connectivity index (χ2v) is 7.49. The molecule has 0 bridgehead atoms. The summed E-state index contributed by atoms with van der Waals surface area (Å²) in [5, 5.41) is 2.66. The molecule has 6 nitrogen and oxygen atoms in total. The lowest BCUT2D eigenvalue weighted by Crippen LogP contribution is -2.41. The molecule has 0 unspecified atom stereocenters. The number of ketones is 1. The van der Waals surface area contributed by atoms with E-state index in [-0.39, 0.29) is 10.7 Å². The minimum Gasteiger partial charge on any atom is -0.325 e. The molecule has 1 atom stereocenters. The third-order valence-corrected chi connectivity index (χ3v) is 5.17. The molecule has 0 radical (unpaired) electrons. The molecular formula is C18H20N2O4S. The maximum atomic E-state index is 12.3. The van der Waals surface area contributed by atoms with Crippen LogP contribution in [0.25, 0.3) is 0 Å². The first-order chi connectivity index (χ1) is 11.7. The normalized spacial score (nSPS) is 12.4. The van der Waals surface area contributed by atoms with Gasteiger partial charge >= 0.3 is 0 Å². The Balaban J connectivity index is 2.06. The van der Waals surface area contributed by atoms with Crippen LogP contribution < -0.4 is 10.0 Å². The summed E-state index contributed by atoms with van der Waals surface area (Å²) >= 11 is 0. The van der Waals surface area contributed by atoms with Crippen LogP contribution in [0.2, 0.25) is 0 Å². The molecule has 0 saturated carbocycles. The van der Waals surface area contributed by atoms with E-state index in [4.69, 9.17) is 0 Å². The zero-order valence-electron chi connectivity index (χ0n) is 14.2. The van der Waals surface area contributed by atoms with Crippen LogP contribution in [0, 0.1) is 6.92 Å². The van der Waals surface area contributed by atoms with E-state index in [1.807, 2.05) is 19.1 Å². The molecular weight excluding hydrogens is 340 g/mol. The Morgan fingerprint density at radius 1 is 0.960 bits per heavy atom. The van der Waals surface area contributed by atoms with Crippen LogP contribution in [0.5, 0.6) is 0 Å². The molecule has 2 aromatic carbocycles. The van der Waals surface area contributed by atoms with Gasteiger partial charge in [0, 0.05) is 11.3 Å². The summed E-state index contributed by atoms with van der Waals surface area (Å²) in [6, 6.07) is 11.8. The molecule has 0 aliphatic rings. The fourth-order valence-corrected chi connectivity index (χ4v) is 3.31. The van der Waals surface area contributed by atoms with Crippen molar-refractivity contribution in [2.24, 2.45) is 0 Å². The molecule has 25 heavy (non-hydrogen) atoms. The largest absolute Gasteiger partial charge is 0.325 e. The molecule has 0 heterocycles. The second kappa shape index (κ2) is 7.58. The van der Waals surface area contributed by atoms with Crippen molar-refractivity contribution in [1.29, 1.82) is 0 Å². The molecule has 7 heteroatoms. The third kappa shape index (κ3) is 4.98. The van der Waals surface area contributed by atoms with Crippen LogP contribution >= 0.6 is 0 Å². The van der Waals surface area contributed by atoms with Gasteiger partial charge in [-0.1, -0.05) is 29.8 Å². The Kier molecular flexibility index (Phi) is 5.71. The van der Waals surface area contributed by atoms with Gasteiger partial charge in [-0.25, -0.2) is 8.42 Å². The molecule has 0 aliphatic heterocycles. The SMILES string of the molecule is CC(=O)c1ccc(S(=O)(=O)N[C@@H](C)C(=O)Nc2ccc(C)cc2)cc1. The van der Waals surface area contributed by atoms with Crippen molar-refractivity contribution in [3.8, 4) is 0 Å². The number of rotatable bonds is 6. The maximum Gasteiger partial charge on any atom is 0.242 e. The standard InChI is InChI=1S/C18H20N2O4S/c1-12-4-8-16(9-5-12)19-18(22)13(2)20-25(23,24)17-10-6-15(7-11-17)14(3)21/h4-11,13,20H,1-3H3,(H,19,22)/t13-/m0/s1. The number of nitrogens with one attached hydrogen (secondary N) is 2. The fourth-order valence-electron chi connectivity index (χ4n) is 2.11. The number of Topliss-reactive ketones (excluding diaryl/α,β-unsaturated/α-hetero) is 1. The summed E-state index contributed by atoms with van der Waals surface area (Å²) in [5.41, 5.74) is 2.07. The molecule has 2 N–H and O–H groups in total. The highest BCUT2D eigenvalue weighted by atomic mass is 32.2. The summed E-state index contributed by atoms with van der Waals surface area (Å²) in [6.45, 7) is 4.80. The van der Waals surface area contributed by atoms with E-state index in [1.165, 1.54) is 38.1 Å². The average Bonchev–Trinajstić information content (AvgIpc) is 2.56. The summed E-state index contributed by atoms with van der Waals surface area (Å²) in [5.74, 6) is -0.615. The average molecular weight is 360 g/mol. The summed E-state index contributed by atoms with van der Waals surface area (Å²) in [4.78, 5) is 23.4. The molecule has 0 saturated heterocycles. The van der Waals surface area contributed by atoms with E-state index in [2.05, 4.69) is 10.0 Å². The van der Waals surface area contributed by atoms with Crippen LogP contribution in [0.1, 0.15) is 29.8 Å². The number of amides is 1. The Morgan fingerprint density at radius 2 is 1.52 bits per heavy atom. The Morgan fingerprint density at radius 3 is 2.04 bits per heavy atom. The Hall–Kier alpha value is -2.51. The molecule has 1 amide bonds. The number of carbonyl (C=O) groups is 2. The van der Waals surface area contributed by atoms with Crippen molar-refractivity contribution < 1.29 is 18.0 Å². The van der Waals surface area contributed by atoms with Gasteiger partial charge in [0.15, 0.2) is 5.78 Å². The molecule has 0 aliphatic carbocycles. The summed E-state index contributed by atoms with van der Waals surface area (Å²) < 4.78 is 27.0. The lowest BCUT2D eigenvalue weighted by Gasteiger charge is -2.15. The lowest BCUT2D eigenvalue weighted by atomic mass is 10.2. The van der Waals surface area contributed by atoms with Crippen LogP contribution in [-0.2, 0) is 14.8 Å². The molecule has 0 aromatic heterocycles. The van der Waals surface area contributed by atoms with E-state index in [9.17, 15) is 18.0 Å². The van der Waals surface area contributed by atoms with Gasteiger partial charge in [0.05, 0.1) is 10.9 Å². The highest BCUT2D eigenvalue weighted by Gasteiger charge is 2.22. The lowest BCUT2D eigenvalue weighted by molar-refractivity contribution is -0.117. The van der Waals surface area contributed by atoms with Crippen molar-refractivity contribution in [2.75, 3.05) is 5.32 Å². The Bertz CT molecular complexity index is 872. The van der Waals surface area contributed by atoms with Crippen molar-refractivity contribution in [2.45, 2.75) is 31.7 Å². The van der Waals surface area contributed by atoms with E-state index in [1.54, 1.807) is 12.1 Å². The van der Waals surface area contributed by atoms with Gasteiger partial charge in [0.25, 0.3) is 0 Å². The number of sulfonamides is 1. The maximum absolute atomic E-state index is 12.3. The number of anilines is 1. The molecule has 0 spiro atoms. The molecule has 2 aromatic rings. The van der Waals surface area contributed by atoms with Crippen LogP contribution in [0.15, 0.2) is 53.4 Å². The Labute approximate surface area is 147 Å². The predicted molar refractivity (Wildman–Crippen MR) is 96.0 cm³/mol. The summed E-state index contributed by atoms with van der Waals surface area (Å²) in [6.07, 6.45) is 0. The highest BCUT2D eigenvalue weighted by Crippen LogP contribution is 2.13. The number of carbonyl (C=O) groups excluding carboxylic acids is 2. The highest BCUT2D eigenvalue weighted by molar-refractivity contribution is 7.89. The number of hydrogen-bond donors (Lipinski definition) is 2. The zero-order valence-corrected chi connectivity index (χ0v) is 15.1. The topological polar surface area (TPSA) is 92.3 Å². The van der Waals surface area contributed by atoms with Crippen molar-refractivity contribution >= 4 is 27.4 Å². The number of aryl methyl sites for hydroxylation is 1. The van der Waals surface area contributed by atoms with Gasteiger partial charge in [-0.05, 0) is 45.0 Å². The first-order valence-electron chi connectivity index (χ1n) is 7.70. The van der Waals surface area contributed by atoms with Gasteiger partial charge in [0.2, 0.25) is 15.9 Å². The molecule has 2 rings (SSSR count). The smallest absolute Gasteiger partial charge is 0.242 e. The van der Waals surface area contributed by atoms with E-state index < -0.39 is 22.0 Å². The molecule has 0 fully saturated rings. The second-order valence-electron chi connectivity index (χ2n) is 5.78. The number of benzene rings is 2. The van der Waals surface area contributed by atoms with Crippen LogP contribution in [-0.4, -0.2) is 26.2 Å². The number of hydrogen-bond acceptors (Lipinski definition) is 4. The molecule has 132 valence electrons. The van der Waals surface area contributed by atoms with E-state index >= 15 is 0 Å². The third-order valence-electron chi connectivity index (χ3n) is 3.62. The monoisotopic (exact) mass is 360 g/mol. The van der Waals surface area contributed by atoms with Crippen LogP contribution in [0.3, 0.4) is 0 Å². The van der Waals surface area contributed by atoms with Gasteiger partial charge in [-0.3, -0.25) is 9.59 Å². The quantitative estimate of drug-likeness (QED) is 0.774. The minimum absolute atomic E-state index is 0.00696. The first kappa shape index (κ1) is 18.8. The van der Waals surface area contributed by atoms with Crippen molar-refractivity contribution in [3.63, 3.8) is 0 Å². The summed E-state index contributed by atoms with van der Waals surface area (Å²) in [7, 11) is -3.87. The van der Waals surface area contributed by atoms with Crippen molar-refractivity contribution in [1.82, 2.24) is 4.72 Å².